The Kier molecular flexibility index (Phi) is 3.12. The topological polar surface area (TPSA) is 61.1 Å². The number of esters is 1. The summed E-state index contributed by atoms with van der Waals surface area (Å²) in [5, 5.41) is 8.16. The van der Waals surface area contributed by atoms with Crippen molar-refractivity contribution in [3.8, 4) is 5.69 Å². The number of ether oxygens (including phenoxy) is 1. The Labute approximate surface area is 115 Å². The molecule has 20 heavy (non-hydrogen) atoms. The molecule has 0 N–H and O–H groups in total. The van der Waals surface area contributed by atoms with E-state index in [1.54, 1.807) is 36.0 Å². The van der Waals surface area contributed by atoms with Gasteiger partial charge in [0.05, 0.1) is 18.4 Å². The summed E-state index contributed by atoms with van der Waals surface area (Å²) in [6.45, 7) is 2.15. The molecule has 0 atom stereocenters. The van der Waals surface area contributed by atoms with Gasteiger partial charge in [-0.15, -0.1) is 4.52 Å². The van der Waals surface area contributed by atoms with E-state index in [-0.39, 0.29) is 5.97 Å². The molecule has 6 heteroatoms. The number of rotatable bonds is 3. The first-order valence-electron chi connectivity index (χ1n) is 6.29. The van der Waals surface area contributed by atoms with Gasteiger partial charge in [0, 0.05) is 6.07 Å². The van der Waals surface area contributed by atoms with Gasteiger partial charge in [-0.2, -0.15) is 0 Å². The summed E-state index contributed by atoms with van der Waals surface area (Å²) >= 11 is 0. The molecule has 0 saturated heterocycles. The van der Waals surface area contributed by atoms with Gasteiger partial charge in [-0.25, -0.2) is 4.79 Å². The molecular formula is C14H13N4O2+. The number of carbonyl (C=O) groups excluding carboxylic acids is 1. The van der Waals surface area contributed by atoms with Gasteiger partial charge in [0.25, 0.3) is 0 Å². The maximum atomic E-state index is 11.6. The van der Waals surface area contributed by atoms with E-state index in [1.807, 2.05) is 28.9 Å². The fourth-order valence-electron chi connectivity index (χ4n) is 1.92. The van der Waals surface area contributed by atoms with Crippen molar-refractivity contribution in [1.82, 2.24) is 15.1 Å². The van der Waals surface area contributed by atoms with Crippen LogP contribution in [-0.4, -0.2) is 27.7 Å². The van der Waals surface area contributed by atoms with Gasteiger partial charge in [0.15, 0.2) is 5.21 Å². The number of hydrogen-bond acceptors (Lipinski definition) is 4. The van der Waals surface area contributed by atoms with Crippen molar-refractivity contribution in [2.45, 2.75) is 6.92 Å². The summed E-state index contributed by atoms with van der Waals surface area (Å²) in [5.41, 5.74) is 2.09. The lowest BCUT2D eigenvalue weighted by Gasteiger charge is -2.02. The first-order valence-corrected chi connectivity index (χ1v) is 6.29. The number of aromatic nitrogens is 4. The van der Waals surface area contributed by atoms with Gasteiger partial charge in [-0.05, 0) is 42.1 Å². The maximum Gasteiger partial charge on any atom is 0.338 e. The fraction of sp³-hybridized carbons (Fsp3) is 0.143. The van der Waals surface area contributed by atoms with Gasteiger partial charge in [-0.3, -0.25) is 0 Å². The summed E-state index contributed by atoms with van der Waals surface area (Å²) in [7, 11) is 0. The van der Waals surface area contributed by atoms with Crippen LogP contribution in [0.5, 0.6) is 0 Å². The molecule has 0 aliphatic heterocycles. The van der Waals surface area contributed by atoms with Crippen molar-refractivity contribution >= 4 is 11.6 Å². The first kappa shape index (κ1) is 12.3. The lowest BCUT2D eigenvalue weighted by molar-refractivity contribution is -0.604. The summed E-state index contributed by atoms with van der Waals surface area (Å²) in [6, 6.07) is 12.7. The monoisotopic (exact) mass is 269 g/mol. The second-order valence-electron chi connectivity index (χ2n) is 4.15. The molecule has 0 amide bonds. The number of hydrogen-bond donors (Lipinski definition) is 0. The van der Waals surface area contributed by atoms with Gasteiger partial charge in [0.2, 0.25) is 0 Å². The summed E-state index contributed by atoms with van der Waals surface area (Å²) in [6.07, 6.45) is 1.87. The van der Waals surface area contributed by atoms with E-state index in [2.05, 4.69) is 10.3 Å². The summed E-state index contributed by atoms with van der Waals surface area (Å²) in [4.78, 5) is 13.2. The Morgan fingerprint density at radius 1 is 1.25 bits per heavy atom. The second-order valence-corrected chi connectivity index (χ2v) is 4.15. The number of carbonyl (C=O) groups is 1. The van der Waals surface area contributed by atoms with Crippen molar-refractivity contribution in [2.24, 2.45) is 0 Å². The molecule has 100 valence electrons. The van der Waals surface area contributed by atoms with Gasteiger partial charge in [0.1, 0.15) is 10.8 Å². The van der Waals surface area contributed by atoms with Gasteiger partial charge >= 0.3 is 11.6 Å². The van der Waals surface area contributed by atoms with Crippen LogP contribution in [0.4, 0.5) is 0 Å². The Bertz CT molecular complexity index is 749. The van der Waals surface area contributed by atoms with Crippen LogP contribution in [0, 0.1) is 0 Å². The third-order valence-electron chi connectivity index (χ3n) is 2.86. The van der Waals surface area contributed by atoms with E-state index in [1.165, 1.54) is 0 Å². The fourth-order valence-corrected chi connectivity index (χ4v) is 1.92. The summed E-state index contributed by atoms with van der Waals surface area (Å²) < 4.78 is 6.77. The Balaban J connectivity index is 1.97. The van der Waals surface area contributed by atoms with Crippen LogP contribution >= 0.6 is 0 Å². The predicted octanol–water partition coefficient (Wildman–Crippen LogP) is 1.18. The standard InChI is InChI=1S/C14H13N4O2/c1-2-20-14(19)11-6-8-12(9-7-11)18-16-15-13-5-3-4-10-17(13)18/h3-10H,2H2,1H3/q+1. The number of pyridine rings is 1. The van der Waals surface area contributed by atoms with E-state index in [4.69, 9.17) is 4.74 Å². The van der Waals surface area contributed by atoms with Crippen LogP contribution in [0.3, 0.4) is 0 Å². The molecule has 1 aromatic carbocycles. The molecule has 6 nitrogen and oxygen atoms in total. The number of nitrogens with zero attached hydrogens (tertiary/aromatic N) is 4. The summed E-state index contributed by atoms with van der Waals surface area (Å²) in [5.74, 6) is -0.324. The van der Waals surface area contributed by atoms with Crippen LogP contribution in [0.1, 0.15) is 17.3 Å². The minimum absolute atomic E-state index is 0.324. The molecule has 2 heterocycles. The highest BCUT2D eigenvalue weighted by atomic mass is 16.5. The molecule has 0 aliphatic carbocycles. The zero-order valence-electron chi connectivity index (χ0n) is 10.9. The third-order valence-corrected chi connectivity index (χ3v) is 2.86. The third kappa shape index (κ3) is 2.11. The zero-order chi connectivity index (χ0) is 13.9. The van der Waals surface area contributed by atoms with Gasteiger partial charge in [-0.1, -0.05) is 6.07 Å². The smallest absolute Gasteiger partial charge is 0.338 e. The van der Waals surface area contributed by atoms with Crippen LogP contribution in [0.2, 0.25) is 0 Å². The SMILES string of the molecule is CCOC(=O)c1ccc(-n2nnc3cccc[n+]32)cc1. The molecule has 0 unspecified atom stereocenters. The first-order chi connectivity index (χ1) is 9.79. The van der Waals surface area contributed by atoms with E-state index >= 15 is 0 Å². The molecule has 0 bridgehead atoms. The minimum atomic E-state index is -0.324. The normalized spacial score (nSPS) is 10.7. The number of tetrazole rings is 1. The molecule has 3 aromatic rings. The van der Waals surface area contributed by atoms with Crippen molar-refractivity contribution < 1.29 is 14.0 Å². The largest absolute Gasteiger partial charge is 0.462 e. The van der Waals surface area contributed by atoms with E-state index in [9.17, 15) is 4.79 Å². The molecular weight excluding hydrogens is 256 g/mol. The molecule has 0 fully saturated rings. The molecule has 0 spiro atoms. The molecule has 0 aliphatic rings. The molecule has 0 radical (unpaired) electrons. The van der Waals surface area contributed by atoms with Crippen molar-refractivity contribution in [3.63, 3.8) is 0 Å². The Morgan fingerprint density at radius 3 is 2.80 bits per heavy atom. The number of fused-ring (bicyclic) bond motifs is 1. The molecule has 3 rings (SSSR count). The minimum Gasteiger partial charge on any atom is -0.462 e. The van der Waals surface area contributed by atoms with Crippen LogP contribution < -0.4 is 4.52 Å². The van der Waals surface area contributed by atoms with Crippen molar-refractivity contribution in [2.75, 3.05) is 6.61 Å². The van der Waals surface area contributed by atoms with Crippen LogP contribution in [-0.2, 0) is 4.74 Å². The van der Waals surface area contributed by atoms with E-state index in [0.717, 1.165) is 11.3 Å². The predicted molar refractivity (Wildman–Crippen MR) is 70.5 cm³/mol. The lowest BCUT2D eigenvalue weighted by Crippen LogP contribution is -2.31. The van der Waals surface area contributed by atoms with E-state index in [0.29, 0.717) is 12.2 Å². The number of benzene rings is 1. The van der Waals surface area contributed by atoms with Crippen molar-refractivity contribution in [3.05, 3.63) is 54.2 Å². The highest BCUT2D eigenvalue weighted by molar-refractivity contribution is 5.89. The highest BCUT2D eigenvalue weighted by Crippen LogP contribution is 2.08. The van der Waals surface area contributed by atoms with Crippen LogP contribution in [0.15, 0.2) is 48.7 Å². The zero-order valence-corrected chi connectivity index (χ0v) is 10.9. The lowest BCUT2D eigenvalue weighted by atomic mass is 10.2. The highest BCUT2D eigenvalue weighted by Gasteiger charge is 2.14. The Hall–Kier alpha value is -2.76. The van der Waals surface area contributed by atoms with E-state index < -0.39 is 0 Å². The average Bonchev–Trinajstić information content (AvgIpc) is 2.92. The average molecular weight is 269 g/mol. The molecule has 0 saturated carbocycles. The van der Waals surface area contributed by atoms with Crippen LogP contribution in [0.25, 0.3) is 11.3 Å². The van der Waals surface area contributed by atoms with Crippen molar-refractivity contribution in [1.29, 1.82) is 0 Å². The Morgan fingerprint density at radius 2 is 2.05 bits per heavy atom. The second kappa shape index (κ2) is 5.08. The van der Waals surface area contributed by atoms with Gasteiger partial charge < -0.3 is 4.74 Å². The maximum absolute atomic E-state index is 11.6. The molecule has 2 aromatic heterocycles. The quantitative estimate of drug-likeness (QED) is 0.529.